The van der Waals surface area contributed by atoms with Gasteiger partial charge >= 0.3 is 0 Å². The van der Waals surface area contributed by atoms with Crippen molar-refractivity contribution in [3.8, 4) is 0 Å². The van der Waals surface area contributed by atoms with Gasteiger partial charge in [0, 0.05) is 0 Å². The van der Waals surface area contributed by atoms with E-state index in [9.17, 15) is 0 Å². The topological polar surface area (TPSA) is 0 Å². The normalized spacial score (nSPS) is 15.3. The lowest BCUT2D eigenvalue weighted by Crippen LogP contribution is -1.96. The van der Waals surface area contributed by atoms with E-state index < -0.39 is 0 Å². The molecular weight excluding hydrogens is 240 g/mol. The van der Waals surface area contributed by atoms with Crippen molar-refractivity contribution < 1.29 is 0 Å². The van der Waals surface area contributed by atoms with E-state index >= 15 is 0 Å². The first-order chi connectivity index (χ1) is 9.40. The van der Waals surface area contributed by atoms with Crippen molar-refractivity contribution in [1.82, 2.24) is 0 Å². The second kappa shape index (κ2) is 5.83. The molecule has 1 fully saturated rings. The first-order valence-electron chi connectivity index (χ1n) is 7.53. The SMILES string of the molecule is C=C(C)/C(=C/CC1CC1)C(=C)c1cc(C)c(C)cc1C. The summed E-state index contributed by atoms with van der Waals surface area (Å²) in [4.78, 5) is 0. The highest BCUT2D eigenvalue weighted by Gasteiger charge is 2.20. The molecule has 106 valence electrons. The van der Waals surface area contributed by atoms with Crippen molar-refractivity contribution >= 4 is 5.57 Å². The van der Waals surface area contributed by atoms with Crippen molar-refractivity contribution in [3.63, 3.8) is 0 Å². The van der Waals surface area contributed by atoms with Crippen LogP contribution in [0.2, 0.25) is 0 Å². The Hall–Kier alpha value is -1.56. The Morgan fingerprint density at radius 2 is 1.70 bits per heavy atom. The zero-order valence-electron chi connectivity index (χ0n) is 13.3. The van der Waals surface area contributed by atoms with Crippen LogP contribution in [0.25, 0.3) is 5.57 Å². The molecule has 0 bridgehead atoms. The summed E-state index contributed by atoms with van der Waals surface area (Å²) in [5.74, 6) is 0.901. The lowest BCUT2D eigenvalue weighted by Gasteiger charge is -2.16. The van der Waals surface area contributed by atoms with Crippen molar-refractivity contribution in [1.29, 1.82) is 0 Å². The molecule has 0 aromatic heterocycles. The summed E-state index contributed by atoms with van der Waals surface area (Å²) in [5.41, 5.74) is 8.72. The van der Waals surface area contributed by atoms with Gasteiger partial charge in [-0.2, -0.15) is 0 Å². The molecule has 0 unspecified atom stereocenters. The van der Waals surface area contributed by atoms with Crippen LogP contribution >= 0.6 is 0 Å². The minimum Gasteiger partial charge on any atom is -0.0955 e. The fourth-order valence-electron chi connectivity index (χ4n) is 2.62. The molecule has 0 amide bonds. The maximum atomic E-state index is 4.35. The first kappa shape index (κ1) is 14.8. The van der Waals surface area contributed by atoms with Gasteiger partial charge in [-0.3, -0.25) is 0 Å². The van der Waals surface area contributed by atoms with Crippen LogP contribution in [0.1, 0.15) is 48.4 Å². The lowest BCUT2D eigenvalue weighted by molar-refractivity contribution is 0.859. The fourth-order valence-corrected chi connectivity index (χ4v) is 2.62. The van der Waals surface area contributed by atoms with E-state index in [1.807, 2.05) is 0 Å². The fraction of sp³-hybridized carbons (Fsp3) is 0.400. The molecule has 1 aliphatic rings. The molecule has 1 aliphatic carbocycles. The van der Waals surface area contributed by atoms with Crippen LogP contribution < -0.4 is 0 Å². The number of allylic oxidation sites excluding steroid dienone is 4. The Bertz CT molecular complexity index is 580. The summed E-state index contributed by atoms with van der Waals surface area (Å²) >= 11 is 0. The standard InChI is InChI=1S/C20H26/c1-13(2)19(10-9-18-7-8-18)17(6)20-12-15(4)14(3)11-16(20)5/h10-12,18H,1,6-9H2,2-5H3/b19-10-. The molecule has 1 saturated carbocycles. The Labute approximate surface area is 123 Å². The summed E-state index contributed by atoms with van der Waals surface area (Å²) in [7, 11) is 0. The maximum Gasteiger partial charge on any atom is -0.0152 e. The molecule has 2 rings (SSSR count). The third kappa shape index (κ3) is 3.30. The highest BCUT2D eigenvalue weighted by atomic mass is 14.3. The van der Waals surface area contributed by atoms with Gasteiger partial charge < -0.3 is 0 Å². The summed E-state index contributed by atoms with van der Waals surface area (Å²) in [6, 6.07) is 4.52. The highest BCUT2D eigenvalue weighted by molar-refractivity contribution is 5.83. The quantitative estimate of drug-likeness (QED) is 0.580. The lowest BCUT2D eigenvalue weighted by atomic mass is 9.89. The molecule has 0 aliphatic heterocycles. The van der Waals surface area contributed by atoms with E-state index in [2.05, 4.69) is 59.1 Å². The van der Waals surface area contributed by atoms with Crippen LogP contribution in [0.5, 0.6) is 0 Å². The monoisotopic (exact) mass is 266 g/mol. The summed E-state index contributed by atoms with van der Waals surface area (Å²) in [6.45, 7) is 17.1. The van der Waals surface area contributed by atoms with Crippen LogP contribution in [0.4, 0.5) is 0 Å². The average molecular weight is 266 g/mol. The van der Waals surface area contributed by atoms with Crippen molar-refractivity contribution in [2.75, 3.05) is 0 Å². The largest absolute Gasteiger partial charge is 0.0955 e. The molecule has 0 spiro atoms. The van der Waals surface area contributed by atoms with Crippen molar-refractivity contribution in [2.24, 2.45) is 5.92 Å². The second-order valence-electron chi connectivity index (χ2n) is 6.31. The summed E-state index contributed by atoms with van der Waals surface area (Å²) in [6.07, 6.45) is 6.28. The van der Waals surface area contributed by atoms with E-state index in [-0.39, 0.29) is 0 Å². The summed E-state index contributed by atoms with van der Waals surface area (Å²) < 4.78 is 0. The zero-order valence-corrected chi connectivity index (χ0v) is 13.3. The van der Waals surface area contributed by atoms with Crippen LogP contribution in [0.3, 0.4) is 0 Å². The zero-order chi connectivity index (χ0) is 14.9. The average Bonchev–Trinajstić information content (AvgIpc) is 3.17. The van der Waals surface area contributed by atoms with Gasteiger partial charge in [0.15, 0.2) is 0 Å². The van der Waals surface area contributed by atoms with Gasteiger partial charge in [0.05, 0.1) is 0 Å². The molecule has 0 nitrogen and oxygen atoms in total. The third-order valence-corrected chi connectivity index (χ3v) is 4.30. The molecule has 1 aromatic rings. The van der Waals surface area contributed by atoms with Gasteiger partial charge in [-0.15, -0.1) is 0 Å². The molecule has 1 aromatic carbocycles. The molecule has 0 heterocycles. The number of hydrogen-bond acceptors (Lipinski definition) is 0. The number of aryl methyl sites for hydroxylation is 3. The molecule has 0 N–H and O–H groups in total. The molecular formula is C20H26. The number of benzene rings is 1. The van der Waals surface area contributed by atoms with Crippen LogP contribution in [0, 0.1) is 26.7 Å². The predicted molar refractivity (Wildman–Crippen MR) is 89.9 cm³/mol. The van der Waals surface area contributed by atoms with Gasteiger partial charge in [-0.25, -0.2) is 0 Å². The molecule has 0 radical (unpaired) electrons. The Balaban J connectivity index is 2.34. The van der Waals surface area contributed by atoms with Gasteiger partial charge in [0.1, 0.15) is 0 Å². The van der Waals surface area contributed by atoms with Gasteiger partial charge in [0.25, 0.3) is 0 Å². The Kier molecular flexibility index (Phi) is 4.32. The summed E-state index contributed by atoms with van der Waals surface area (Å²) in [5, 5.41) is 0. The van der Waals surface area contributed by atoms with Crippen LogP contribution in [-0.4, -0.2) is 0 Å². The number of rotatable bonds is 5. The first-order valence-corrected chi connectivity index (χ1v) is 7.53. The molecule has 20 heavy (non-hydrogen) atoms. The Morgan fingerprint density at radius 1 is 1.10 bits per heavy atom. The number of hydrogen-bond donors (Lipinski definition) is 0. The highest BCUT2D eigenvalue weighted by Crippen LogP contribution is 2.36. The van der Waals surface area contributed by atoms with E-state index in [1.165, 1.54) is 47.1 Å². The smallest absolute Gasteiger partial charge is 0.0152 e. The minimum absolute atomic E-state index is 0.901. The second-order valence-corrected chi connectivity index (χ2v) is 6.31. The molecule has 0 saturated heterocycles. The molecule has 0 heteroatoms. The van der Waals surface area contributed by atoms with Crippen LogP contribution in [0.15, 0.2) is 42.5 Å². The minimum atomic E-state index is 0.901. The van der Waals surface area contributed by atoms with Crippen molar-refractivity contribution in [3.05, 3.63) is 64.8 Å². The van der Waals surface area contributed by atoms with E-state index in [1.54, 1.807) is 0 Å². The van der Waals surface area contributed by atoms with Crippen LogP contribution in [-0.2, 0) is 0 Å². The predicted octanol–water partition coefficient (Wildman–Crippen LogP) is 5.93. The van der Waals surface area contributed by atoms with Gasteiger partial charge in [0.2, 0.25) is 0 Å². The molecule has 0 atom stereocenters. The Morgan fingerprint density at radius 3 is 2.25 bits per heavy atom. The van der Waals surface area contributed by atoms with Gasteiger partial charge in [-0.1, -0.05) is 36.9 Å². The van der Waals surface area contributed by atoms with E-state index in [0.29, 0.717) is 0 Å². The van der Waals surface area contributed by atoms with E-state index in [0.717, 1.165) is 17.1 Å². The third-order valence-electron chi connectivity index (χ3n) is 4.30. The van der Waals surface area contributed by atoms with Gasteiger partial charge in [-0.05, 0) is 86.3 Å². The van der Waals surface area contributed by atoms with E-state index in [4.69, 9.17) is 0 Å². The van der Waals surface area contributed by atoms with Crippen molar-refractivity contribution in [2.45, 2.75) is 47.0 Å². The maximum absolute atomic E-state index is 4.35.